The zero-order valence-corrected chi connectivity index (χ0v) is 11.0. The highest BCUT2D eigenvalue weighted by Gasteiger charge is 2.17. The second-order valence-electron chi connectivity index (χ2n) is 4.41. The number of methoxy groups -OCH3 is 1. The molecule has 100 valence electrons. The first kappa shape index (κ1) is 14.3. The number of rotatable bonds is 5. The number of carbonyl (C=O) groups excluding carboxylic acids is 1. The summed E-state index contributed by atoms with van der Waals surface area (Å²) in [6, 6.07) is 4.63. The zero-order valence-electron chi connectivity index (χ0n) is 11.0. The van der Waals surface area contributed by atoms with E-state index in [4.69, 9.17) is 10.5 Å². The van der Waals surface area contributed by atoms with Gasteiger partial charge >= 0.3 is 0 Å². The normalized spacial score (nSPS) is 12.0. The molecule has 0 aliphatic rings. The van der Waals surface area contributed by atoms with Crippen molar-refractivity contribution in [1.82, 2.24) is 4.90 Å². The van der Waals surface area contributed by atoms with Gasteiger partial charge in [-0.3, -0.25) is 4.79 Å². The minimum absolute atomic E-state index is 0.0772. The Hall–Kier alpha value is -1.75. The summed E-state index contributed by atoms with van der Waals surface area (Å²) in [5.74, 6) is 0.434. The Kier molecular flexibility index (Phi) is 4.97. The van der Waals surface area contributed by atoms with Crippen molar-refractivity contribution in [2.45, 2.75) is 6.92 Å². The van der Waals surface area contributed by atoms with E-state index in [0.717, 1.165) is 0 Å². The Morgan fingerprint density at radius 1 is 1.56 bits per heavy atom. The molecule has 0 heterocycles. The van der Waals surface area contributed by atoms with Gasteiger partial charge in [-0.15, -0.1) is 0 Å². The average Bonchev–Trinajstić information content (AvgIpc) is 2.37. The largest absolute Gasteiger partial charge is 0.507 e. The fraction of sp³-hybridized carbons (Fsp3) is 0.462. The van der Waals surface area contributed by atoms with Gasteiger partial charge in [-0.1, -0.05) is 6.92 Å². The Morgan fingerprint density at radius 3 is 2.72 bits per heavy atom. The van der Waals surface area contributed by atoms with Crippen molar-refractivity contribution < 1.29 is 14.6 Å². The highest BCUT2D eigenvalue weighted by atomic mass is 16.5. The van der Waals surface area contributed by atoms with Crippen LogP contribution in [0.5, 0.6) is 11.5 Å². The number of phenols is 1. The summed E-state index contributed by atoms with van der Waals surface area (Å²) in [7, 11) is 3.20. The molecule has 0 fully saturated rings. The lowest BCUT2D eigenvalue weighted by atomic mass is 10.1. The van der Waals surface area contributed by atoms with Gasteiger partial charge in [0.2, 0.25) is 0 Å². The van der Waals surface area contributed by atoms with E-state index >= 15 is 0 Å². The molecule has 5 nitrogen and oxygen atoms in total. The van der Waals surface area contributed by atoms with Crippen LogP contribution in [0.4, 0.5) is 0 Å². The van der Waals surface area contributed by atoms with Crippen molar-refractivity contribution in [2.75, 3.05) is 27.2 Å². The molecule has 1 amide bonds. The minimum Gasteiger partial charge on any atom is -0.507 e. The van der Waals surface area contributed by atoms with E-state index < -0.39 is 0 Å². The number of hydrogen-bond acceptors (Lipinski definition) is 4. The molecule has 0 aromatic heterocycles. The third-order valence-electron chi connectivity index (χ3n) is 2.77. The van der Waals surface area contributed by atoms with Gasteiger partial charge in [0, 0.05) is 19.7 Å². The van der Waals surface area contributed by atoms with Gasteiger partial charge < -0.3 is 20.5 Å². The van der Waals surface area contributed by atoms with Crippen LogP contribution in [0.2, 0.25) is 0 Å². The molecule has 5 heteroatoms. The van der Waals surface area contributed by atoms with E-state index in [1.54, 1.807) is 24.1 Å². The van der Waals surface area contributed by atoms with Crippen molar-refractivity contribution in [2.24, 2.45) is 11.7 Å². The molecular formula is C13H20N2O3. The standard InChI is InChI=1S/C13H20N2O3/c1-9(7-14)8-15(2)13(17)11-5-4-10(18-3)6-12(11)16/h4-6,9,16H,7-8,14H2,1-3H3. The Morgan fingerprint density at radius 2 is 2.22 bits per heavy atom. The van der Waals surface area contributed by atoms with Gasteiger partial charge in [0.05, 0.1) is 12.7 Å². The maximum Gasteiger partial charge on any atom is 0.257 e. The van der Waals surface area contributed by atoms with Crippen LogP contribution < -0.4 is 10.5 Å². The third-order valence-corrected chi connectivity index (χ3v) is 2.77. The quantitative estimate of drug-likeness (QED) is 0.822. The number of nitrogens with zero attached hydrogens (tertiary/aromatic N) is 1. The predicted molar refractivity (Wildman–Crippen MR) is 69.8 cm³/mol. The molecular weight excluding hydrogens is 232 g/mol. The number of hydrogen-bond donors (Lipinski definition) is 2. The molecule has 1 unspecified atom stereocenters. The topological polar surface area (TPSA) is 75.8 Å². The first-order valence-corrected chi connectivity index (χ1v) is 5.82. The lowest BCUT2D eigenvalue weighted by Crippen LogP contribution is -2.33. The summed E-state index contributed by atoms with van der Waals surface area (Å²) in [4.78, 5) is 13.7. The molecule has 1 aromatic rings. The maximum absolute atomic E-state index is 12.1. The van der Waals surface area contributed by atoms with Crippen molar-refractivity contribution >= 4 is 5.91 Å². The molecule has 0 aliphatic heterocycles. The van der Waals surface area contributed by atoms with Crippen LogP contribution >= 0.6 is 0 Å². The SMILES string of the molecule is COc1ccc(C(=O)N(C)CC(C)CN)c(O)c1. The lowest BCUT2D eigenvalue weighted by Gasteiger charge is -2.21. The number of aromatic hydroxyl groups is 1. The monoisotopic (exact) mass is 252 g/mol. The van der Waals surface area contributed by atoms with Crippen LogP contribution in [0, 0.1) is 5.92 Å². The summed E-state index contributed by atoms with van der Waals surface area (Å²) in [6.45, 7) is 3.05. The summed E-state index contributed by atoms with van der Waals surface area (Å²) >= 11 is 0. The maximum atomic E-state index is 12.1. The number of amides is 1. The van der Waals surface area contributed by atoms with Crippen molar-refractivity contribution in [3.63, 3.8) is 0 Å². The second kappa shape index (κ2) is 6.26. The van der Waals surface area contributed by atoms with Crippen LogP contribution in [0.15, 0.2) is 18.2 Å². The fourth-order valence-electron chi connectivity index (χ4n) is 1.65. The molecule has 1 atom stereocenters. The molecule has 3 N–H and O–H groups in total. The number of phenolic OH excluding ortho intramolecular Hbond substituents is 1. The molecule has 0 saturated heterocycles. The van der Waals surface area contributed by atoms with E-state index in [1.807, 2.05) is 6.92 Å². The number of carbonyl (C=O) groups is 1. The van der Waals surface area contributed by atoms with Crippen LogP contribution in [-0.2, 0) is 0 Å². The van der Waals surface area contributed by atoms with Gasteiger partial charge in [0.25, 0.3) is 5.91 Å². The molecule has 0 radical (unpaired) electrons. The summed E-state index contributed by atoms with van der Waals surface area (Å²) in [5, 5.41) is 9.78. The molecule has 18 heavy (non-hydrogen) atoms. The van der Waals surface area contributed by atoms with Crippen LogP contribution in [0.1, 0.15) is 17.3 Å². The number of nitrogens with two attached hydrogens (primary N) is 1. The fourth-order valence-corrected chi connectivity index (χ4v) is 1.65. The average molecular weight is 252 g/mol. The first-order chi connectivity index (χ1) is 8.49. The van der Waals surface area contributed by atoms with E-state index in [0.29, 0.717) is 18.8 Å². The van der Waals surface area contributed by atoms with Crippen molar-refractivity contribution in [1.29, 1.82) is 0 Å². The van der Waals surface area contributed by atoms with Gasteiger partial charge in [-0.05, 0) is 24.6 Å². The summed E-state index contributed by atoms with van der Waals surface area (Å²) in [6.07, 6.45) is 0. The van der Waals surface area contributed by atoms with E-state index in [-0.39, 0.29) is 23.1 Å². The molecule has 0 aliphatic carbocycles. The van der Waals surface area contributed by atoms with Gasteiger partial charge in [-0.2, -0.15) is 0 Å². The molecule has 0 bridgehead atoms. The predicted octanol–water partition coefficient (Wildman–Crippen LogP) is 1.07. The van der Waals surface area contributed by atoms with Gasteiger partial charge in [0.15, 0.2) is 0 Å². The highest BCUT2D eigenvalue weighted by Crippen LogP contribution is 2.24. The number of ether oxygens (including phenoxy) is 1. The van der Waals surface area contributed by atoms with Crippen molar-refractivity contribution in [3.8, 4) is 11.5 Å². The Bertz CT molecular complexity index is 421. The molecule has 1 aromatic carbocycles. The Balaban J connectivity index is 2.83. The van der Waals surface area contributed by atoms with Crippen molar-refractivity contribution in [3.05, 3.63) is 23.8 Å². The lowest BCUT2D eigenvalue weighted by molar-refractivity contribution is 0.0774. The summed E-state index contributed by atoms with van der Waals surface area (Å²) in [5.41, 5.74) is 5.79. The van der Waals surface area contributed by atoms with Gasteiger partial charge in [0.1, 0.15) is 11.5 Å². The molecule has 1 rings (SSSR count). The number of benzene rings is 1. The van der Waals surface area contributed by atoms with Crippen LogP contribution in [0.25, 0.3) is 0 Å². The van der Waals surface area contributed by atoms with Gasteiger partial charge in [-0.25, -0.2) is 0 Å². The minimum atomic E-state index is -0.226. The Labute approximate surface area is 107 Å². The highest BCUT2D eigenvalue weighted by molar-refractivity contribution is 5.96. The van der Waals surface area contributed by atoms with E-state index in [1.165, 1.54) is 13.2 Å². The van der Waals surface area contributed by atoms with E-state index in [2.05, 4.69) is 0 Å². The first-order valence-electron chi connectivity index (χ1n) is 5.82. The molecule has 0 saturated carbocycles. The second-order valence-corrected chi connectivity index (χ2v) is 4.41. The third kappa shape index (κ3) is 3.37. The molecule has 0 spiro atoms. The van der Waals surface area contributed by atoms with E-state index in [9.17, 15) is 9.90 Å². The van der Waals surface area contributed by atoms with Crippen LogP contribution in [-0.4, -0.2) is 43.2 Å². The summed E-state index contributed by atoms with van der Waals surface area (Å²) < 4.78 is 4.97. The smallest absolute Gasteiger partial charge is 0.257 e. The zero-order chi connectivity index (χ0) is 13.7. The van der Waals surface area contributed by atoms with Crippen LogP contribution in [0.3, 0.4) is 0 Å².